The average molecular weight is 360 g/mol. The summed E-state index contributed by atoms with van der Waals surface area (Å²) in [4.78, 5) is -1.04. The Labute approximate surface area is 142 Å². The van der Waals surface area contributed by atoms with Gasteiger partial charge in [-0.1, -0.05) is 6.07 Å². The second-order valence-corrected chi connectivity index (χ2v) is 6.61. The predicted octanol–water partition coefficient (Wildman–Crippen LogP) is 2.82. The first kappa shape index (κ1) is 16.6. The normalized spacial score (nSPS) is 11.1. The fourth-order valence-corrected chi connectivity index (χ4v) is 3.35. The van der Waals surface area contributed by atoms with E-state index in [0.717, 1.165) is 18.2 Å². The lowest BCUT2D eigenvalue weighted by Gasteiger charge is -2.10. The minimum Gasteiger partial charge on any atom is -0.279 e. The molecule has 0 aliphatic rings. The molecule has 9 heteroatoms. The Morgan fingerprint density at radius 3 is 2.28 bits per heavy atom. The molecule has 0 saturated heterocycles. The topological polar surface area (TPSA) is 87.8 Å². The minimum absolute atomic E-state index is 0.124. The van der Waals surface area contributed by atoms with Gasteiger partial charge in [0.2, 0.25) is 0 Å². The van der Waals surface area contributed by atoms with Crippen LogP contribution in [0.4, 0.5) is 14.5 Å². The van der Waals surface area contributed by atoms with Crippen LogP contribution in [-0.2, 0) is 10.0 Å². The molecule has 2 aromatic carbocycles. The number of anilines is 1. The molecule has 1 N–H and O–H groups in total. The summed E-state index contributed by atoms with van der Waals surface area (Å²) in [7, 11) is -4.42. The number of rotatable bonds is 4. The smallest absolute Gasteiger partial charge is 0.267 e. The molecular weight excluding hydrogens is 350 g/mol. The van der Waals surface area contributed by atoms with Crippen LogP contribution in [0, 0.1) is 23.0 Å². The number of nitrogens with zero attached hydrogens (tertiary/aromatic N) is 3. The van der Waals surface area contributed by atoms with E-state index in [9.17, 15) is 17.2 Å². The Kier molecular flexibility index (Phi) is 4.21. The Balaban J connectivity index is 1.87. The molecule has 1 aromatic heterocycles. The van der Waals surface area contributed by atoms with E-state index < -0.39 is 26.6 Å². The van der Waals surface area contributed by atoms with Gasteiger partial charge >= 0.3 is 0 Å². The first-order valence-corrected chi connectivity index (χ1v) is 8.41. The van der Waals surface area contributed by atoms with E-state index in [4.69, 9.17) is 5.26 Å². The van der Waals surface area contributed by atoms with Crippen molar-refractivity contribution in [2.24, 2.45) is 0 Å². The molecule has 0 saturated carbocycles. The molecule has 1 heterocycles. The average Bonchev–Trinajstić information content (AvgIpc) is 3.04. The number of nitriles is 1. The van der Waals surface area contributed by atoms with E-state index >= 15 is 0 Å². The first-order chi connectivity index (χ1) is 11.9. The number of halogens is 2. The molecule has 3 aromatic rings. The summed E-state index contributed by atoms with van der Waals surface area (Å²) < 4.78 is 55.3. The zero-order valence-electron chi connectivity index (χ0n) is 12.5. The van der Waals surface area contributed by atoms with Crippen LogP contribution in [0.5, 0.6) is 0 Å². The highest BCUT2D eigenvalue weighted by Gasteiger charge is 2.23. The van der Waals surface area contributed by atoms with E-state index in [1.54, 1.807) is 12.1 Å². The Hall–Kier alpha value is -3.25. The highest BCUT2D eigenvalue weighted by Crippen LogP contribution is 2.22. The number of nitrogens with one attached hydrogen (secondary N) is 1. The van der Waals surface area contributed by atoms with Crippen molar-refractivity contribution in [3.05, 3.63) is 72.1 Å². The summed E-state index contributed by atoms with van der Waals surface area (Å²) in [6.07, 6.45) is 2.89. The van der Waals surface area contributed by atoms with Crippen molar-refractivity contribution in [3.8, 4) is 11.8 Å². The molecule has 25 heavy (non-hydrogen) atoms. The third-order valence-corrected chi connectivity index (χ3v) is 4.72. The predicted molar refractivity (Wildman–Crippen MR) is 85.4 cm³/mol. The standard InChI is InChI=1S/C16H10F2N4O2S/c17-14-2-1-3-15(18)16(14)25(23,24)21-12-4-6-13(7-5-12)22-10-11(8-19)9-20-22/h1-7,9-10,21H. The van der Waals surface area contributed by atoms with Crippen molar-refractivity contribution in [3.63, 3.8) is 0 Å². The fourth-order valence-electron chi connectivity index (χ4n) is 2.15. The zero-order valence-corrected chi connectivity index (χ0v) is 13.3. The molecule has 6 nitrogen and oxygen atoms in total. The van der Waals surface area contributed by atoms with Crippen LogP contribution in [0.2, 0.25) is 0 Å². The van der Waals surface area contributed by atoms with Crippen molar-refractivity contribution in [2.75, 3.05) is 4.72 Å². The van der Waals surface area contributed by atoms with Crippen LogP contribution in [0.25, 0.3) is 5.69 Å². The van der Waals surface area contributed by atoms with E-state index in [1.807, 2.05) is 6.07 Å². The molecule has 0 amide bonds. The molecule has 126 valence electrons. The first-order valence-electron chi connectivity index (χ1n) is 6.93. The van der Waals surface area contributed by atoms with Crippen molar-refractivity contribution < 1.29 is 17.2 Å². The number of aromatic nitrogens is 2. The van der Waals surface area contributed by atoms with Crippen molar-refractivity contribution in [1.29, 1.82) is 5.26 Å². The fraction of sp³-hybridized carbons (Fsp3) is 0. The van der Waals surface area contributed by atoms with Gasteiger partial charge in [-0.3, -0.25) is 4.72 Å². The maximum Gasteiger partial charge on any atom is 0.267 e. The van der Waals surface area contributed by atoms with Crippen LogP contribution in [0.3, 0.4) is 0 Å². The van der Waals surface area contributed by atoms with Gasteiger partial charge in [-0.15, -0.1) is 0 Å². The second kappa shape index (κ2) is 6.33. The van der Waals surface area contributed by atoms with Gasteiger partial charge < -0.3 is 0 Å². The molecule has 0 bridgehead atoms. The molecule has 0 spiro atoms. The van der Waals surface area contributed by atoms with Crippen molar-refractivity contribution >= 4 is 15.7 Å². The third-order valence-electron chi connectivity index (χ3n) is 3.28. The van der Waals surface area contributed by atoms with Gasteiger partial charge in [0, 0.05) is 11.9 Å². The van der Waals surface area contributed by atoms with E-state index in [-0.39, 0.29) is 5.69 Å². The largest absolute Gasteiger partial charge is 0.279 e. The zero-order chi connectivity index (χ0) is 18.0. The Morgan fingerprint density at radius 2 is 1.72 bits per heavy atom. The quantitative estimate of drug-likeness (QED) is 0.775. The van der Waals surface area contributed by atoms with Gasteiger partial charge in [0.05, 0.1) is 17.4 Å². The molecule has 0 aliphatic carbocycles. The second-order valence-electron chi connectivity index (χ2n) is 4.99. The SMILES string of the molecule is N#Cc1cnn(-c2ccc(NS(=O)(=O)c3c(F)cccc3F)cc2)c1. The van der Waals surface area contributed by atoms with Gasteiger partial charge in [0.1, 0.15) is 17.7 Å². The molecular formula is C16H10F2N4O2S. The van der Waals surface area contributed by atoms with Gasteiger partial charge in [-0.25, -0.2) is 21.9 Å². The maximum atomic E-state index is 13.7. The number of sulfonamides is 1. The molecule has 0 atom stereocenters. The van der Waals surface area contributed by atoms with E-state index in [1.165, 1.54) is 29.2 Å². The number of hydrogen-bond donors (Lipinski definition) is 1. The van der Waals surface area contributed by atoms with Crippen LogP contribution in [-0.4, -0.2) is 18.2 Å². The van der Waals surface area contributed by atoms with Crippen molar-refractivity contribution in [1.82, 2.24) is 9.78 Å². The lowest BCUT2D eigenvalue weighted by molar-refractivity contribution is 0.521. The lowest BCUT2D eigenvalue weighted by atomic mass is 10.3. The van der Waals surface area contributed by atoms with Crippen molar-refractivity contribution in [2.45, 2.75) is 4.90 Å². The molecule has 0 fully saturated rings. The summed E-state index contributed by atoms with van der Waals surface area (Å²) in [6, 6.07) is 10.7. The van der Waals surface area contributed by atoms with Gasteiger partial charge in [-0.05, 0) is 36.4 Å². The van der Waals surface area contributed by atoms with Gasteiger partial charge in [-0.2, -0.15) is 10.4 Å². The highest BCUT2D eigenvalue weighted by atomic mass is 32.2. The van der Waals surface area contributed by atoms with Crippen LogP contribution < -0.4 is 4.72 Å². The molecule has 0 radical (unpaired) electrons. The number of benzene rings is 2. The maximum absolute atomic E-state index is 13.7. The highest BCUT2D eigenvalue weighted by molar-refractivity contribution is 7.92. The van der Waals surface area contributed by atoms with Crippen LogP contribution >= 0.6 is 0 Å². The molecule has 3 rings (SSSR count). The summed E-state index contributed by atoms with van der Waals surface area (Å²) in [5.74, 6) is -2.35. The lowest BCUT2D eigenvalue weighted by Crippen LogP contribution is -2.16. The Morgan fingerprint density at radius 1 is 1.08 bits per heavy atom. The number of hydrogen-bond acceptors (Lipinski definition) is 4. The third kappa shape index (κ3) is 3.34. The van der Waals surface area contributed by atoms with Gasteiger partial charge in [0.25, 0.3) is 10.0 Å². The van der Waals surface area contributed by atoms with Crippen LogP contribution in [0.1, 0.15) is 5.56 Å². The Bertz CT molecular complexity index is 1050. The molecule has 0 unspecified atom stereocenters. The van der Waals surface area contributed by atoms with Gasteiger partial charge in [0.15, 0.2) is 4.90 Å². The summed E-state index contributed by atoms with van der Waals surface area (Å²) in [5, 5.41) is 12.8. The summed E-state index contributed by atoms with van der Waals surface area (Å²) in [5.41, 5.74) is 1.08. The molecule has 0 aliphatic heterocycles. The van der Waals surface area contributed by atoms with Crippen LogP contribution in [0.15, 0.2) is 59.8 Å². The monoisotopic (exact) mass is 360 g/mol. The van der Waals surface area contributed by atoms with E-state index in [2.05, 4.69) is 9.82 Å². The summed E-state index contributed by atoms with van der Waals surface area (Å²) >= 11 is 0. The summed E-state index contributed by atoms with van der Waals surface area (Å²) in [6.45, 7) is 0. The van der Waals surface area contributed by atoms with E-state index in [0.29, 0.717) is 11.3 Å². The minimum atomic E-state index is -4.42.